The molecule has 2 amide bonds. The second-order valence-corrected chi connectivity index (χ2v) is 8.86. The maximum atomic E-state index is 12.4. The van der Waals surface area contributed by atoms with Gasteiger partial charge in [-0.2, -0.15) is 0 Å². The van der Waals surface area contributed by atoms with Crippen LogP contribution in [0.3, 0.4) is 0 Å². The van der Waals surface area contributed by atoms with Gasteiger partial charge in [0, 0.05) is 23.7 Å². The van der Waals surface area contributed by atoms with Gasteiger partial charge in [0.1, 0.15) is 5.75 Å². The van der Waals surface area contributed by atoms with Gasteiger partial charge in [-0.05, 0) is 68.5 Å². The zero-order chi connectivity index (χ0) is 24.0. The van der Waals surface area contributed by atoms with Crippen molar-refractivity contribution < 1.29 is 24.2 Å². The molecular weight excluding hydrogens is 467 g/mol. The molecule has 0 aliphatic heterocycles. The van der Waals surface area contributed by atoms with Crippen molar-refractivity contribution in [3.8, 4) is 5.75 Å². The molecule has 1 aliphatic rings. The largest absolute Gasteiger partial charge is 0.490 e. The summed E-state index contributed by atoms with van der Waals surface area (Å²) in [5, 5.41) is 15.3. The number of carboxylic acids is 1. The zero-order valence-electron chi connectivity index (χ0n) is 18.2. The number of rotatable bonds is 8. The summed E-state index contributed by atoms with van der Waals surface area (Å²) in [5.41, 5.74) is 1.64. The van der Waals surface area contributed by atoms with E-state index in [4.69, 9.17) is 33.0 Å². The van der Waals surface area contributed by atoms with Crippen LogP contribution in [0.25, 0.3) is 0 Å². The molecule has 0 aromatic heterocycles. The molecule has 0 saturated heterocycles. The van der Waals surface area contributed by atoms with Crippen molar-refractivity contribution in [2.24, 2.45) is 5.92 Å². The molecule has 2 aromatic rings. The van der Waals surface area contributed by atoms with E-state index in [0.717, 1.165) is 5.56 Å². The lowest BCUT2D eigenvalue weighted by Gasteiger charge is -2.26. The number of nitrogens with one attached hydrogen (secondary N) is 2. The number of carboxylic acid groups (broad SMARTS) is 1. The summed E-state index contributed by atoms with van der Waals surface area (Å²) in [6.07, 6.45) is 2.43. The van der Waals surface area contributed by atoms with Crippen LogP contribution in [0, 0.1) is 12.8 Å². The number of hydrogen-bond donors (Lipinski definition) is 3. The summed E-state index contributed by atoms with van der Waals surface area (Å²) >= 11 is 12.3. The van der Waals surface area contributed by atoms with E-state index in [1.165, 1.54) is 0 Å². The SMILES string of the molecule is Cc1ccc(C(=O)NCCNC(=O)c2ccc(OC3CCC(C(=O)O)CC3)cc2Cl)cc1Cl. The van der Waals surface area contributed by atoms with Gasteiger partial charge in [-0.15, -0.1) is 0 Å². The van der Waals surface area contributed by atoms with Gasteiger partial charge in [-0.1, -0.05) is 29.3 Å². The van der Waals surface area contributed by atoms with Crippen molar-refractivity contribution >= 4 is 41.0 Å². The zero-order valence-corrected chi connectivity index (χ0v) is 19.7. The molecule has 7 nitrogen and oxygen atoms in total. The molecule has 0 radical (unpaired) electrons. The minimum absolute atomic E-state index is 0.0663. The van der Waals surface area contributed by atoms with E-state index in [0.29, 0.717) is 47.6 Å². The number of ether oxygens (including phenoxy) is 1. The Morgan fingerprint density at radius 2 is 1.61 bits per heavy atom. The second-order valence-electron chi connectivity index (χ2n) is 8.05. The first-order valence-corrected chi connectivity index (χ1v) is 11.5. The smallest absolute Gasteiger partial charge is 0.306 e. The number of halogens is 2. The molecular formula is C24H26Cl2N2O5. The van der Waals surface area contributed by atoms with Gasteiger partial charge in [-0.25, -0.2) is 0 Å². The highest BCUT2D eigenvalue weighted by Crippen LogP contribution is 2.29. The third-order valence-corrected chi connectivity index (χ3v) is 6.36. The molecule has 0 unspecified atom stereocenters. The highest BCUT2D eigenvalue weighted by Gasteiger charge is 2.27. The molecule has 1 aliphatic carbocycles. The van der Waals surface area contributed by atoms with Crippen molar-refractivity contribution in [3.05, 3.63) is 63.1 Å². The number of amides is 2. The Morgan fingerprint density at radius 3 is 2.21 bits per heavy atom. The molecule has 33 heavy (non-hydrogen) atoms. The molecule has 1 fully saturated rings. The van der Waals surface area contributed by atoms with E-state index in [-0.39, 0.29) is 41.9 Å². The standard InChI is InChI=1S/C24H26Cl2N2O5/c1-14-2-3-16(12-20(14)25)22(29)27-10-11-28-23(30)19-9-8-18(13-21(19)26)33-17-6-4-15(5-7-17)24(31)32/h2-3,8-9,12-13,15,17H,4-7,10-11H2,1H3,(H,27,29)(H,28,30)(H,31,32). The van der Waals surface area contributed by atoms with E-state index in [9.17, 15) is 14.4 Å². The number of carbonyl (C=O) groups is 3. The van der Waals surface area contributed by atoms with Crippen LogP contribution in [-0.4, -0.2) is 42.1 Å². The predicted molar refractivity (Wildman–Crippen MR) is 126 cm³/mol. The molecule has 3 rings (SSSR count). The van der Waals surface area contributed by atoms with Crippen molar-refractivity contribution in [3.63, 3.8) is 0 Å². The molecule has 0 spiro atoms. The Morgan fingerprint density at radius 1 is 0.939 bits per heavy atom. The topological polar surface area (TPSA) is 105 Å². The number of carbonyl (C=O) groups excluding carboxylic acids is 2. The average Bonchev–Trinajstić information content (AvgIpc) is 2.78. The number of benzene rings is 2. The molecule has 3 N–H and O–H groups in total. The Labute approximate surface area is 202 Å². The van der Waals surface area contributed by atoms with Crippen LogP contribution in [-0.2, 0) is 4.79 Å². The van der Waals surface area contributed by atoms with E-state index in [1.54, 1.807) is 36.4 Å². The third-order valence-electron chi connectivity index (χ3n) is 5.64. The van der Waals surface area contributed by atoms with Crippen LogP contribution in [0.2, 0.25) is 10.0 Å². The van der Waals surface area contributed by atoms with Crippen molar-refractivity contribution in [1.29, 1.82) is 0 Å². The first-order valence-electron chi connectivity index (χ1n) is 10.8. The summed E-state index contributed by atoms with van der Waals surface area (Å²) in [6, 6.07) is 9.91. The minimum Gasteiger partial charge on any atom is -0.490 e. The fourth-order valence-corrected chi connectivity index (χ4v) is 4.09. The summed E-state index contributed by atoms with van der Waals surface area (Å²) in [5.74, 6) is -1.16. The predicted octanol–water partition coefficient (Wildman–Crippen LogP) is 4.48. The third kappa shape index (κ3) is 6.85. The van der Waals surface area contributed by atoms with Gasteiger partial charge in [0.15, 0.2) is 0 Å². The fourth-order valence-electron chi connectivity index (χ4n) is 3.66. The van der Waals surface area contributed by atoms with E-state index >= 15 is 0 Å². The Balaban J connectivity index is 1.45. The van der Waals surface area contributed by atoms with Crippen LogP contribution in [0.15, 0.2) is 36.4 Å². The van der Waals surface area contributed by atoms with E-state index in [1.807, 2.05) is 6.92 Å². The molecule has 9 heteroatoms. The molecule has 176 valence electrons. The molecule has 0 heterocycles. The maximum Gasteiger partial charge on any atom is 0.306 e. The average molecular weight is 493 g/mol. The first-order chi connectivity index (χ1) is 15.7. The second kappa shape index (κ2) is 11.4. The lowest BCUT2D eigenvalue weighted by Crippen LogP contribution is -2.34. The quantitative estimate of drug-likeness (QED) is 0.471. The highest BCUT2D eigenvalue weighted by molar-refractivity contribution is 6.34. The lowest BCUT2D eigenvalue weighted by atomic mass is 9.87. The van der Waals surface area contributed by atoms with Gasteiger partial charge in [-0.3, -0.25) is 14.4 Å². The normalized spacial score (nSPS) is 17.8. The van der Waals surface area contributed by atoms with Crippen molar-refractivity contribution in [2.75, 3.05) is 13.1 Å². The molecule has 1 saturated carbocycles. The van der Waals surface area contributed by atoms with Crippen LogP contribution in [0.4, 0.5) is 0 Å². The monoisotopic (exact) mass is 492 g/mol. The summed E-state index contributed by atoms with van der Waals surface area (Å²) in [4.78, 5) is 35.7. The lowest BCUT2D eigenvalue weighted by molar-refractivity contribution is -0.143. The van der Waals surface area contributed by atoms with Crippen molar-refractivity contribution in [1.82, 2.24) is 10.6 Å². The van der Waals surface area contributed by atoms with E-state index < -0.39 is 5.97 Å². The minimum atomic E-state index is -0.758. The number of aryl methyl sites for hydroxylation is 1. The maximum absolute atomic E-state index is 12.4. The highest BCUT2D eigenvalue weighted by atomic mass is 35.5. The van der Waals surface area contributed by atoms with E-state index in [2.05, 4.69) is 10.6 Å². The van der Waals surface area contributed by atoms with Gasteiger partial charge in [0.25, 0.3) is 11.8 Å². The first kappa shape index (κ1) is 24.9. The fraction of sp³-hybridized carbons (Fsp3) is 0.375. The van der Waals surface area contributed by atoms with Crippen LogP contribution in [0.1, 0.15) is 52.0 Å². The summed E-state index contributed by atoms with van der Waals surface area (Å²) in [6.45, 7) is 2.33. The molecule has 0 bridgehead atoms. The Kier molecular flexibility index (Phi) is 8.58. The molecule has 2 aromatic carbocycles. The Hall–Kier alpha value is -2.77. The number of aliphatic carboxylic acids is 1. The Bertz CT molecular complexity index is 1040. The van der Waals surface area contributed by atoms with Crippen LogP contribution >= 0.6 is 23.2 Å². The molecule has 0 atom stereocenters. The van der Waals surface area contributed by atoms with Crippen LogP contribution in [0.5, 0.6) is 5.75 Å². The summed E-state index contributed by atoms with van der Waals surface area (Å²) < 4.78 is 5.92. The van der Waals surface area contributed by atoms with Crippen molar-refractivity contribution in [2.45, 2.75) is 38.7 Å². The van der Waals surface area contributed by atoms with Gasteiger partial charge in [0.2, 0.25) is 0 Å². The summed E-state index contributed by atoms with van der Waals surface area (Å²) in [7, 11) is 0. The van der Waals surface area contributed by atoms with Gasteiger partial charge in [0.05, 0.1) is 22.6 Å². The van der Waals surface area contributed by atoms with Gasteiger partial charge < -0.3 is 20.5 Å². The van der Waals surface area contributed by atoms with Crippen LogP contribution < -0.4 is 15.4 Å². The number of hydrogen-bond acceptors (Lipinski definition) is 4. The van der Waals surface area contributed by atoms with Gasteiger partial charge >= 0.3 is 5.97 Å².